The number of fused-ring (bicyclic) bond motifs is 3. The number of para-hydroxylation sites is 3. The molecule has 3 aliphatic rings. The summed E-state index contributed by atoms with van der Waals surface area (Å²) in [4.78, 5) is 46.5. The molecule has 0 atom stereocenters. The Kier molecular flexibility index (Phi) is 12.9. The third-order valence-corrected chi connectivity index (χ3v) is 10.2. The van der Waals surface area contributed by atoms with Gasteiger partial charge in [-0.15, -0.1) is 0 Å². The quantitative estimate of drug-likeness (QED) is 0.199. The Morgan fingerprint density at radius 1 is 0.556 bits per heavy atom. The number of halogens is 1. The van der Waals surface area contributed by atoms with Crippen molar-refractivity contribution in [3.63, 3.8) is 0 Å². The maximum absolute atomic E-state index is 11.8. The normalized spacial score (nSPS) is 16.5. The van der Waals surface area contributed by atoms with Gasteiger partial charge in [0, 0.05) is 91.6 Å². The summed E-state index contributed by atoms with van der Waals surface area (Å²) in [5.74, 6) is -0.924. The lowest BCUT2D eigenvalue weighted by Crippen LogP contribution is -3.00. The Hall–Kier alpha value is -4.52. The van der Waals surface area contributed by atoms with Crippen LogP contribution in [-0.4, -0.2) is 105 Å². The Bertz CT molecular complexity index is 2320. The van der Waals surface area contributed by atoms with Crippen molar-refractivity contribution in [1.29, 1.82) is 0 Å². The minimum atomic E-state index is -0.391. The van der Waals surface area contributed by atoms with Crippen molar-refractivity contribution in [2.45, 2.75) is 26.9 Å². The Balaban J connectivity index is 0.000000137. The molecule has 54 heavy (non-hydrogen) atoms. The number of rotatable bonds is 5. The smallest absolute Gasteiger partial charge is 0.420 e. The number of nitrogens with one attached hydrogen (secondary N) is 3. The number of aromatic nitrogens is 3. The molecule has 3 aliphatic heterocycles. The van der Waals surface area contributed by atoms with Crippen LogP contribution in [0.3, 0.4) is 0 Å². The SMILES string of the molecule is CCn1c(=O)oc2c(N3CCN(C)CC3)cccc21.CCn1c(=O)oc2c(N3CCNCC3)cccc21.O=c1[nH]c2cccc(N3CCNCC3)c2o1.[I-]. The van der Waals surface area contributed by atoms with Gasteiger partial charge in [0.15, 0.2) is 16.7 Å². The molecule has 15 nitrogen and oxygen atoms in total. The number of anilines is 3. The van der Waals surface area contributed by atoms with Crippen molar-refractivity contribution < 1.29 is 37.2 Å². The minimum Gasteiger partial charge on any atom is -1.00 e. The van der Waals surface area contributed by atoms with E-state index in [0.717, 1.165) is 118 Å². The highest BCUT2D eigenvalue weighted by Gasteiger charge is 2.21. The highest BCUT2D eigenvalue weighted by Crippen LogP contribution is 2.28. The van der Waals surface area contributed by atoms with E-state index in [1.807, 2.05) is 68.4 Å². The van der Waals surface area contributed by atoms with Crippen molar-refractivity contribution in [3.05, 3.63) is 86.2 Å². The van der Waals surface area contributed by atoms with Gasteiger partial charge in [0.2, 0.25) is 0 Å². The lowest BCUT2D eigenvalue weighted by Gasteiger charge is -2.33. The Morgan fingerprint density at radius 2 is 0.981 bits per heavy atom. The molecule has 6 aromatic rings. The van der Waals surface area contributed by atoms with Crippen LogP contribution in [0.15, 0.2) is 82.2 Å². The first-order valence-electron chi connectivity index (χ1n) is 18.6. The first-order valence-corrected chi connectivity index (χ1v) is 18.6. The highest BCUT2D eigenvalue weighted by atomic mass is 127. The van der Waals surface area contributed by atoms with Crippen LogP contribution in [0.2, 0.25) is 0 Å². The summed E-state index contributed by atoms with van der Waals surface area (Å²) < 4.78 is 19.4. The number of nitrogens with zero attached hydrogens (tertiary/aromatic N) is 6. The van der Waals surface area contributed by atoms with Crippen molar-refractivity contribution in [1.82, 2.24) is 29.7 Å². The first kappa shape index (κ1) is 39.2. The molecule has 6 heterocycles. The molecule has 290 valence electrons. The second kappa shape index (κ2) is 17.7. The van der Waals surface area contributed by atoms with E-state index >= 15 is 0 Å². The third kappa shape index (κ3) is 8.25. The molecule has 16 heteroatoms. The van der Waals surface area contributed by atoms with Crippen molar-refractivity contribution in [2.24, 2.45) is 0 Å². The first-order chi connectivity index (χ1) is 25.9. The zero-order valence-electron chi connectivity index (χ0n) is 31.1. The van der Waals surface area contributed by atoms with E-state index in [-0.39, 0.29) is 35.5 Å². The van der Waals surface area contributed by atoms with Gasteiger partial charge in [0.1, 0.15) is 0 Å². The van der Waals surface area contributed by atoms with Crippen LogP contribution >= 0.6 is 0 Å². The average Bonchev–Trinajstić information content (AvgIpc) is 3.85. The summed E-state index contributed by atoms with van der Waals surface area (Å²) in [5.41, 5.74) is 7.70. The number of hydrogen-bond acceptors (Lipinski definition) is 12. The molecule has 3 aromatic carbocycles. The van der Waals surface area contributed by atoms with Crippen molar-refractivity contribution in [3.8, 4) is 0 Å². The van der Waals surface area contributed by atoms with Gasteiger partial charge < -0.3 is 67.5 Å². The second-order valence-electron chi connectivity index (χ2n) is 13.4. The van der Waals surface area contributed by atoms with Crippen LogP contribution in [0, 0.1) is 0 Å². The van der Waals surface area contributed by atoms with Gasteiger partial charge in [-0.1, -0.05) is 18.2 Å². The van der Waals surface area contributed by atoms with E-state index in [9.17, 15) is 14.4 Å². The van der Waals surface area contributed by atoms with E-state index in [2.05, 4.69) is 42.3 Å². The molecule has 9 rings (SSSR count). The molecular formula is C38H49IN9O6-. The van der Waals surface area contributed by atoms with Gasteiger partial charge >= 0.3 is 17.3 Å². The molecule has 0 aliphatic carbocycles. The number of H-pyrrole nitrogens is 1. The largest absolute Gasteiger partial charge is 1.00 e. The lowest BCUT2D eigenvalue weighted by atomic mass is 10.2. The van der Waals surface area contributed by atoms with Crippen LogP contribution in [-0.2, 0) is 13.1 Å². The molecule has 3 N–H and O–H groups in total. The minimum absolute atomic E-state index is 0. The van der Waals surface area contributed by atoms with Crippen molar-refractivity contribution in [2.75, 3.05) is 100 Å². The zero-order chi connectivity index (χ0) is 36.9. The Morgan fingerprint density at radius 3 is 1.44 bits per heavy atom. The standard InChI is InChI=1S/C14H19N3O2.C13H17N3O2.C11H13N3O2.HI/c1-3-17-12-6-4-5-11(13(12)19-14(17)18)16-9-7-15(2)8-10-16;1-2-16-11-5-3-4-10(12(11)18-13(16)17)15-8-6-14-7-9-15;15-11-13-8-2-1-3-9(10(8)16-11)14-6-4-12-5-7-14;/h4-6H,3,7-10H2,1-2H3;3-5,14H,2,6-9H2,1H3;1-3,12H,4-7H2,(H,13,15);1H/p-1. The molecule has 0 saturated carbocycles. The number of oxazole rings is 3. The average molecular weight is 855 g/mol. The summed E-state index contributed by atoms with van der Waals surface area (Å²) in [6, 6.07) is 17.7. The van der Waals surface area contributed by atoms with Crippen LogP contribution in [0.25, 0.3) is 33.3 Å². The summed E-state index contributed by atoms with van der Waals surface area (Å²) >= 11 is 0. The summed E-state index contributed by atoms with van der Waals surface area (Å²) in [7, 11) is 2.13. The van der Waals surface area contributed by atoms with E-state index in [4.69, 9.17) is 13.3 Å². The number of aromatic amines is 1. The molecule has 0 spiro atoms. The fourth-order valence-corrected chi connectivity index (χ4v) is 7.31. The fraction of sp³-hybridized carbons (Fsp3) is 0.447. The monoisotopic (exact) mass is 854 g/mol. The summed E-state index contributed by atoms with van der Waals surface area (Å²) in [5, 5.41) is 6.62. The summed E-state index contributed by atoms with van der Waals surface area (Å²) in [6.45, 7) is 16.8. The fourth-order valence-electron chi connectivity index (χ4n) is 7.31. The maximum atomic E-state index is 11.8. The molecule has 3 aromatic heterocycles. The van der Waals surface area contributed by atoms with E-state index in [1.54, 1.807) is 9.13 Å². The predicted octanol–water partition coefficient (Wildman–Crippen LogP) is -0.0751. The van der Waals surface area contributed by atoms with Crippen LogP contribution in [0.1, 0.15) is 13.8 Å². The molecular weight excluding hydrogens is 805 g/mol. The predicted molar refractivity (Wildman–Crippen MR) is 209 cm³/mol. The molecule has 3 saturated heterocycles. The number of aryl methyl sites for hydroxylation is 2. The maximum Gasteiger partial charge on any atom is 0.420 e. The van der Waals surface area contributed by atoms with Gasteiger partial charge in [0.25, 0.3) is 0 Å². The van der Waals surface area contributed by atoms with Gasteiger partial charge in [-0.3, -0.25) is 14.1 Å². The zero-order valence-corrected chi connectivity index (χ0v) is 33.3. The number of likely N-dealkylation sites (N-methyl/N-ethyl adjacent to an activating group) is 1. The molecule has 0 unspecified atom stereocenters. The van der Waals surface area contributed by atoms with Crippen molar-refractivity contribution >= 4 is 50.4 Å². The highest BCUT2D eigenvalue weighted by molar-refractivity contribution is 5.88. The van der Waals surface area contributed by atoms with Crippen LogP contribution < -0.4 is 66.6 Å². The number of piperazine rings is 3. The molecule has 3 fully saturated rings. The van der Waals surface area contributed by atoms with Crippen LogP contribution in [0.5, 0.6) is 0 Å². The third-order valence-electron chi connectivity index (χ3n) is 10.2. The Labute approximate surface area is 329 Å². The molecule has 0 bridgehead atoms. The topological polar surface area (TPSA) is 153 Å². The molecule has 0 amide bonds. The van der Waals surface area contributed by atoms with Gasteiger partial charge in [-0.05, 0) is 57.3 Å². The van der Waals surface area contributed by atoms with E-state index < -0.39 is 5.76 Å². The van der Waals surface area contributed by atoms with E-state index in [1.165, 1.54) is 0 Å². The summed E-state index contributed by atoms with van der Waals surface area (Å²) in [6.07, 6.45) is 0. The lowest BCUT2D eigenvalue weighted by molar-refractivity contribution is -0.0000126. The van der Waals surface area contributed by atoms with Gasteiger partial charge in [-0.2, -0.15) is 0 Å². The second-order valence-corrected chi connectivity index (χ2v) is 13.4. The molecule has 0 radical (unpaired) electrons. The van der Waals surface area contributed by atoms with Gasteiger partial charge in [0.05, 0.1) is 33.6 Å². The number of benzene rings is 3. The van der Waals surface area contributed by atoms with Crippen LogP contribution in [0.4, 0.5) is 17.1 Å². The van der Waals surface area contributed by atoms with E-state index in [0.29, 0.717) is 24.3 Å². The number of hydrogen-bond donors (Lipinski definition) is 3. The van der Waals surface area contributed by atoms with Gasteiger partial charge in [-0.25, -0.2) is 14.4 Å².